The van der Waals surface area contributed by atoms with Crippen molar-refractivity contribution in [2.24, 2.45) is 5.41 Å². The fourth-order valence-corrected chi connectivity index (χ4v) is 6.06. The van der Waals surface area contributed by atoms with Crippen molar-refractivity contribution < 1.29 is 53.0 Å². The lowest BCUT2D eigenvalue weighted by Crippen LogP contribution is -2.45. The smallest absolute Gasteiger partial charge is 0.372 e. The second-order valence-corrected chi connectivity index (χ2v) is 14.2. The summed E-state index contributed by atoms with van der Waals surface area (Å²) in [5.41, 5.74) is -2.68. The van der Waals surface area contributed by atoms with E-state index in [4.69, 9.17) is 19.3 Å². The molecule has 0 heterocycles. The van der Waals surface area contributed by atoms with Crippen molar-refractivity contribution in [1.82, 2.24) is 0 Å². The third-order valence-corrected chi connectivity index (χ3v) is 10.1. The number of hydrogen-bond donors (Lipinski definition) is 4. The average Bonchev–Trinajstić information content (AvgIpc) is 2.24. The fraction of sp³-hybridized carbons (Fsp3) is 1.00. The van der Waals surface area contributed by atoms with E-state index in [2.05, 4.69) is 0 Å². The molecule has 0 spiro atoms. The van der Waals surface area contributed by atoms with E-state index in [1.54, 1.807) is 0 Å². The Kier molecular flexibility index (Phi) is 5.93. The van der Waals surface area contributed by atoms with Crippen LogP contribution < -0.4 is 0 Å². The van der Waals surface area contributed by atoms with Crippen LogP contribution in [0.3, 0.4) is 0 Å². The van der Waals surface area contributed by atoms with Gasteiger partial charge in [0, 0.05) is 5.41 Å². The largest absolute Gasteiger partial charge is 0.396 e. The highest BCUT2D eigenvalue weighted by molar-refractivity contribution is 8.65. The molecule has 0 aromatic heterocycles. The molecule has 0 saturated carbocycles. The van der Waals surface area contributed by atoms with Gasteiger partial charge in [0.05, 0.1) is 24.7 Å². The van der Waals surface area contributed by atoms with Crippen molar-refractivity contribution in [3.8, 4) is 0 Å². The summed E-state index contributed by atoms with van der Waals surface area (Å²) in [7, 11) is -22.3. The molecule has 21 heavy (non-hydrogen) atoms. The van der Waals surface area contributed by atoms with Gasteiger partial charge >= 0.3 is 18.3 Å². The second-order valence-electron chi connectivity index (χ2n) is 4.08. The van der Waals surface area contributed by atoms with E-state index >= 15 is 0 Å². The van der Waals surface area contributed by atoms with E-state index < -0.39 is 66.2 Å². The molecule has 12 nitrogen and oxygen atoms in total. The summed E-state index contributed by atoms with van der Waals surface area (Å²) in [5.74, 6) is -3.58. The Morgan fingerprint density at radius 2 is 0.857 bits per heavy atom. The summed E-state index contributed by atoms with van der Waals surface area (Å²) < 4.78 is 104. The molecule has 4 N–H and O–H groups in total. The van der Waals surface area contributed by atoms with E-state index in [-0.39, 0.29) is 0 Å². The van der Waals surface area contributed by atoms with Gasteiger partial charge in [-0.15, -0.1) is 0 Å². The summed E-state index contributed by atoms with van der Waals surface area (Å²) in [6.45, 7) is -2.93. The minimum atomic E-state index is -5.70. The summed E-state index contributed by atoms with van der Waals surface area (Å²) in [4.78, 5) is 0. The molecule has 0 aromatic carbocycles. The Balaban J connectivity index is 5.94. The molecule has 0 atom stereocenters. The maximum absolute atomic E-state index is 11.3. The summed E-state index contributed by atoms with van der Waals surface area (Å²) >= 11 is 0. The lowest BCUT2D eigenvalue weighted by atomic mass is 9.96. The SMILES string of the molecule is O=S(=O)(O)S(=O)(=O)CC(CO)(CO)CS(=O)(=O)S(=O)(=O)O. The van der Waals surface area contributed by atoms with Crippen LogP contribution in [0.25, 0.3) is 0 Å². The van der Waals surface area contributed by atoms with Crippen molar-refractivity contribution in [2.75, 3.05) is 24.7 Å². The molecule has 0 fully saturated rings. The molecule has 0 bridgehead atoms. The monoisotopic (exact) mass is 392 g/mol. The highest BCUT2D eigenvalue weighted by Gasteiger charge is 2.46. The molecule has 0 aliphatic carbocycles. The predicted molar refractivity (Wildman–Crippen MR) is 67.3 cm³/mol. The van der Waals surface area contributed by atoms with Crippen LogP contribution in [0.5, 0.6) is 0 Å². The maximum Gasteiger partial charge on any atom is 0.372 e. The zero-order valence-electron chi connectivity index (χ0n) is 10.0. The van der Waals surface area contributed by atoms with Gasteiger partial charge < -0.3 is 10.2 Å². The van der Waals surface area contributed by atoms with Crippen LogP contribution in [-0.4, -0.2) is 77.7 Å². The quantitative estimate of drug-likeness (QED) is 0.232. The highest BCUT2D eigenvalue weighted by Crippen LogP contribution is 2.25. The van der Waals surface area contributed by atoms with Crippen molar-refractivity contribution in [1.29, 1.82) is 0 Å². The van der Waals surface area contributed by atoms with Gasteiger partial charge in [0.1, 0.15) is 0 Å². The first-order chi connectivity index (χ1) is 9.04. The molecular weight excluding hydrogens is 380 g/mol. The molecule has 0 aromatic rings. The molecule has 0 radical (unpaired) electrons. The predicted octanol–water partition coefficient (Wildman–Crippen LogP) is -3.61. The first-order valence-corrected chi connectivity index (χ1v) is 11.9. The van der Waals surface area contributed by atoms with Gasteiger partial charge in [0.2, 0.25) is 0 Å². The normalized spacial score (nSPS) is 15.0. The summed E-state index contributed by atoms with van der Waals surface area (Å²) in [6, 6.07) is 0. The van der Waals surface area contributed by atoms with E-state index in [1.165, 1.54) is 0 Å². The molecule has 0 aliphatic heterocycles. The van der Waals surface area contributed by atoms with Gasteiger partial charge in [-0.05, 0) is 0 Å². The lowest BCUT2D eigenvalue weighted by Gasteiger charge is -2.27. The molecular formula is C5H12O12S4. The Morgan fingerprint density at radius 1 is 0.619 bits per heavy atom. The van der Waals surface area contributed by atoms with Crippen LogP contribution in [0, 0.1) is 5.41 Å². The van der Waals surface area contributed by atoms with Crippen LogP contribution in [-0.2, 0) is 36.0 Å². The standard InChI is InChI=1S/C5H12O12S4/c6-1-5(2-7,3-18(8,9)20(12,13)14)4-19(10,11)21(15,16)17/h6-7H,1-4H2,(H,12,13,14)(H,15,16,17). The third kappa shape index (κ3) is 4.81. The number of aliphatic hydroxyl groups excluding tert-OH is 2. The fourth-order valence-electron chi connectivity index (χ4n) is 1.17. The van der Waals surface area contributed by atoms with Gasteiger partial charge in [0.15, 0.2) is 0 Å². The van der Waals surface area contributed by atoms with Gasteiger partial charge in [-0.25, -0.2) is 16.8 Å². The van der Waals surface area contributed by atoms with Crippen LogP contribution in [0.2, 0.25) is 0 Å². The molecule has 16 heteroatoms. The molecule has 128 valence electrons. The van der Waals surface area contributed by atoms with E-state index in [0.717, 1.165) is 0 Å². The molecule has 0 aliphatic rings. The summed E-state index contributed by atoms with van der Waals surface area (Å²) in [6.07, 6.45) is 0. The van der Waals surface area contributed by atoms with Gasteiger partial charge in [-0.3, -0.25) is 9.11 Å². The maximum atomic E-state index is 11.3. The first kappa shape index (κ1) is 20.6. The minimum Gasteiger partial charge on any atom is -0.396 e. The topological polar surface area (TPSA) is 217 Å². The Bertz CT molecular complexity index is 712. The highest BCUT2D eigenvalue weighted by atomic mass is 33.2. The van der Waals surface area contributed by atoms with Crippen LogP contribution >= 0.6 is 0 Å². The number of rotatable bonds is 8. The van der Waals surface area contributed by atoms with E-state index in [0.29, 0.717) is 0 Å². The van der Waals surface area contributed by atoms with E-state index in [9.17, 15) is 33.7 Å². The van der Waals surface area contributed by atoms with Crippen LogP contribution in [0.1, 0.15) is 0 Å². The van der Waals surface area contributed by atoms with Crippen molar-refractivity contribution in [3.63, 3.8) is 0 Å². The third-order valence-electron chi connectivity index (χ3n) is 2.28. The second kappa shape index (κ2) is 6.03. The number of aliphatic hydroxyl groups is 2. The Morgan fingerprint density at radius 3 is 1.00 bits per heavy atom. The van der Waals surface area contributed by atoms with Gasteiger partial charge in [0.25, 0.3) is 17.7 Å². The van der Waals surface area contributed by atoms with Gasteiger partial charge in [-0.1, -0.05) is 0 Å². The van der Waals surface area contributed by atoms with Crippen LogP contribution in [0.15, 0.2) is 0 Å². The van der Waals surface area contributed by atoms with Crippen molar-refractivity contribution >= 4 is 36.0 Å². The summed E-state index contributed by atoms with van der Waals surface area (Å²) in [5, 5.41) is 18.0. The van der Waals surface area contributed by atoms with Crippen molar-refractivity contribution in [3.05, 3.63) is 0 Å². The van der Waals surface area contributed by atoms with Crippen LogP contribution in [0.4, 0.5) is 0 Å². The van der Waals surface area contributed by atoms with Gasteiger partial charge in [-0.2, -0.15) is 16.8 Å². The zero-order valence-corrected chi connectivity index (χ0v) is 13.3. The molecule has 0 rings (SSSR count). The first-order valence-electron chi connectivity index (χ1n) is 4.66. The molecule has 0 amide bonds. The zero-order chi connectivity index (χ0) is 17.3. The average molecular weight is 392 g/mol. The Labute approximate surface area is 119 Å². The molecule has 0 unspecified atom stereocenters. The number of hydrogen-bond acceptors (Lipinski definition) is 10. The van der Waals surface area contributed by atoms with E-state index in [1.807, 2.05) is 0 Å². The van der Waals surface area contributed by atoms with Crippen molar-refractivity contribution in [2.45, 2.75) is 0 Å². The minimum absolute atomic E-state index is 1.47. The Hall–Kier alpha value is -0.360. The lowest BCUT2D eigenvalue weighted by molar-refractivity contribution is 0.0907. The molecule has 0 saturated heterocycles.